The van der Waals surface area contributed by atoms with E-state index in [0.717, 1.165) is 35.2 Å². The Hall–Kier alpha value is -2.73. The van der Waals surface area contributed by atoms with Crippen molar-refractivity contribution in [3.63, 3.8) is 0 Å². The van der Waals surface area contributed by atoms with Crippen LogP contribution in [-0.4, -0.2) is 37.0 Å². The van der Waals surface area contributed by atoms with Crippen LogP contribution in [0.5, 0.6) is 17.2 Å². The highest BCUT2D eigenvalue weighted by atomic mass is 19.1. The maximum absolute atomic E-state index is 13.9. The Kier molecular flexibility index (Phi) is 3.37. The molecule has 0 aliphatic carbocycles. The lowest BCUT2D eigenvalue weighted by molar-refractivity contribution is 0.170. The summed E-state index contributed by atoms with van der Waals surface area (Å²) in [6, 6.07) is 8.94. The van der Waals surface area contributed by atoms with Gasteiger partial charge in [-0.1, -0.05) is 0 Å². The molecule has 2 aliphatic rings. The minimum Gasteiger partial charge on any atom is -0.492 e. The van der Waals surface area contributed by atoms with Crippen LogP contribution >= 0.6 is 0 Å². The molecule has 3 heterocycles. The van der Waals surface area contributed by atoms with Gasteiger partial charge >= 0.3 is 0 Å². The third kappa shape index (κ3) is 2.12. The van der Waals surface area contributed by atoms with Gasteiger partial charge in [0.1, 0.15) is 12.0 Å². The van der Waals surface area contributed by atoms with Crippen molar-refractivity contribution in [3.05, 3.63) is 53.5 Å². The van der Waals surface area contributed by atoms with Gasteiger partial charge < -0.3 is 18.8 Å². The molecule has 0 radical (unpaired) electrons. The number of nitrogens with zero attached hydrogens (tertiary/aromatic N) is 2. The third-order valence-electron chi connectivity index (χ3n) is 5.31. The van der Waals surface area contributed by atoms with Crippen LogP contribution in [0.25, 0.3) is 10.9 Å². The zero-order chi connectivity index (χ0) is 17.8. The molecule has 0 unspecified atom stereocenters. The van der Waals surface area contributed by atoms with E-state index in [1.807, 2.05) is 24.4 Å². The van der Waals surface area contributed by atoms with Gasteiger partial charge in [-0.2, -0.15) is 0 Å². The number of methoxy groups -OCH3 is 1. The zero-order valence-corrected chi connectivity index (χ0v) is 14.7. The van der Waals surface area contributed by atoms with E-state index >= 15 is 0 Å². The van der Waals surface area contributed by atoms with Crippen molar-refractivity contribution in [1.29, 1.82) is 0 Å². The second kappa shape index (κ2) is 5.64. The van der Waals surface area contributed by atoms with E-state index in [1.54, 1.807) is 13.2 Å². The molecule has 0 bridgehead atoms. The average molecular weight is 354 g/mol. The Labute approximate surface area is 150 Å². The Morgan fingerprint density at radius 2 is 2.08 bits per heavy atom. The van der Waals surface area contributed by atoms with Gasteiger partial charge in [-0.3, -0.25) is 4.90 Å². The predicted octanol–water partition coefficient (Wildman–Crippen LogP) is 3.55. The molecule has 2 aliphatic heterocycles. The normalized spacial score (nSPS) is 19.0. The second-order valence-corrected chi connectivity index (χ2v) is 6.75. The van der Waals surface area contributed by atoms with Gasteiger partial charge in [0.25, 0.3) is 0 Å². The lowest BCUT2D eigenvalue weighted by atomic mass is 9.94. The largest absolute Gasteiger partial charge is 0.492 e. The van der Waals surface area contributed by atoms with E-state index in [-0.39, 0.29) is 18.8 Å². The quantitative estimate of drug-likeness (QED) is 0.705. The minimum absolute atomic E-state index is 0.109. The maximum atomic E-state index is 13.9. The molecule has 0 spiro atoms. The first-order valence-corrected chi connectivity index (χ1v) is 8.63. The molecule has 134 valence electrons. The summed E-state index contributed by atoms with van der Waals surface area (Å²) in [5, 5.41) is 1.01. The smallest absolute Gasteiger partial charge is 0.231 e. The first-order chi connectivity index (χ1) is 12.7. The number of rotatable bonds is 2. The molecular formula is C20H19FN2O3. The molecule has 3 aromatic rings. The standard InChI is InChI=1S/C20H19FN2O3/c1-22-7-5-13-9-16-18(26-11-25-16)19(24-2)17(13)20(22)23-8-6-12-3-4-14(21)10-15(12)23/h3-4,6,8-10,20H,5,7,11H2,1-2H3/t20-/m1/s1. The highest BCUT2D eigenvalue weighted by Crippen LogP contribution is 2.50. The number of fused-ring (bicyclic) bond motifs is 3. The fourth-order valence-electron chi connectivity index (χ4n) is 4.10. The Balaban J connectivity index is 1.77. The SMILES string of the molecule is COc1c2c(cc3c1[C@@H](n1ccc4ccc(F)cc41)N(C)CC3)OCO2. The van der Waals surface area contributed by atoms with Gasteiger partial charge in [0.05, 0.1) is 12.6 Å². The Bertz CT molecular complexity index is 1010. The number of hydrogen-bond acceptors (Lipinski definition) is 4. The molecule has 5 rings (SSSR count). The van der Waals surface area contributed by atoms with Crippen LogP contribution in [-0.2, 0) is 6.42 Å². The summed E-state index contributed by atoms with van der Waals surface area (Å²) in [6.45, 7) is 1.09. The summed E-state index contributed by atoms with van der Waals surface area (Å²) in [4.78, 5) is 2.25. The van der Waals surface area contributed by atoms with Gasteiger partial charge in [0.2, 0.25) is 12.5 Å². The molecule has 26 heavy (non-hydrogen) atoms. The van der Waals surface area contributed by atoms with Crippen molar-refractivity contribution in [2.45, 2.75) is 12.6 Å². The zero-order valence-electron chi connectivity index (χ0n) is 14.7. The van der Waals surface area contributed by atoms with E-state index in [2.05, 4.69) is 16.5 Å². The molecule has 0 saturated carbocycles. The van der Waals surface area contributed by atoms with Gasteiger partial charge in [-0.15, -0.1) is 0 Å². The predicted molar refractivity (Wildman–Crippen MR) is 95.5 cm³/mol. The number of likely N-dealkylation sites (N-methyl/N-ethyl adjacent to an activating group) is 1. The fraction of sp³-hybridized carbons (Fsp3) is 0.300. The minimum atomic E-state index is -0.242. The summed E-state index contributed by atoms with van der Waals surface area (Å²) < 4.78 is 33.0. The number of halogens is 1. The molecule has 2 aromatic carbocycles. The average Bonchev–Trinajstić information content (AvgIpc) is 3.26. The van der Waals surface area contributed by atoms with Gasteiger partial charge in [-0.25, -0.2) is 4.39 Å². The molecule has 1 aromatic heterocycles. The highest BCUT2D eigenvalue weighted by Gasteiger charge is 2.35. The first-order valence-electron chi connectivity index (χ1n) is 8.63. The van der Waals surface area contributed by atoms with Gasteiger partial charge in [0, 0.05) is 18.3 Å². The molecule has 0 N–H and O–H groups in total. The molecule has 6 heteroatoms. The van der Waals surface area contributed by atoms with Crippen molar-refractivity contribution in [3.8, 4) is 17.2 Å². The van der Waals surface area contributed by atoms with Crippen molar-refractivity contribution in [2.75, 3.05) is 27.5 Å². The molecule has 5 nitrogen and oxygen atoms in total. The lowest BCUT2D eigenvalue weighted by Crippen LogP contribution is -2.36. The summed E-state index contributed by atoms with van der Waals surface area (Å²) >= 11 is 0. The van der Waals surface area contributed by atoms with E-state index in [9.17, 15) is 4.39 Å². The molecular weight excluding hydrogens is 335 g/mol. The van der Waals surface area contributed by atoms with Crippen LogP contribution < -0.4 is 14.2 Å². The van der Waals surface area contributed by atoms with Crippen molar-refractivity contribution >= 4 is 10.9 Å². The molecule has 0 saturated heterocycles. The van der Waals surface area contributed by atoms with Crippen LogP contribution in [0.15, 0.2) is 36.5 Å². The van der Waals surface area contributed by atoms with E-state index in [4.69, 9.17) is 14.2 Å². The highest BCUT2D eigenvalue weighted by molar-refractivity contribution is 5.80. The van der Waals surface area contributed by atoms with Crippen molar-refractivity contribution < 1.29 is 18.6 Å². The lowest BCUT2D eigenvalue weighted by Gasteiger charge is -2.37. The van der Waals surface area contributed by atoms with Crippen LogP contribution in [0, 0.1) is 5.82 Å². The summed E-state index contributed by atoms with van der Waals surface area (Å²) in [7, 11) is 3.72. The number of hydrogen-bond donors (Lipinski definition) is 0. The molecule has 0 fully saturated rings. The van der Waals surface area contributed by atoms with Crippen LogP contribution in [0.4, 0.5) is 4.39 Å². The number of benzene rings is 2. The molecule has 0 amide bonds. The summed E-state index contributed by atoms with van der Waals surface area (Å²) in [5.41, 5.74) is 3.08. The van der Waals surface area contributed by atoms with Crippen molar-refractivity contribution in [2.24, 2.45) is 0 Å². The number of ether oxygens (including phenoxy) is 3. The van der Waals surface area contributed by atoms with E-state index in [1.165, 1.54) is 11.6 Å². The monoisotopic (exact) mass is 354 g/mol. The second-order valence-electron chi connectivity index (χ2n) is 6.75. The first kappa shape index (κ1) is 15.5. The Morgan fingerprint density at radius 1 is 1.19 bits per heavy atom. The summed E-state index contributed by atoms with van der Waals surface area (Å²) in [5.74, 6) is 1.83. The Morgan fingerprint density at radius 3 is 2.92 bits per heavy atom. The topological polar surface area (TPSA) is 35.9 Å². The fourth-order valence-corrected chi connectivity index (χ4v) is 4.10. The van der Waals surface area contributed by atoms with Gasteiger partial charge in [0.15, 0.2) is 11.5 Å². The maximum Gasteiger partial charge on any atom is 0.231 e. The molecule has 1 atom stereocenters. The van der Waals surface area contributed by atoms with Gasteiger partial charge in [-0.05, 0) is 54.8 Å². The summed E-state index contributed by atoms with van der Waals surface area (Å²) in [6.07, 6.45) is 2.79. The van der Waals surface area contributed by atoms with Crippen LogP contribution in [0.1, 0.15) is 17.3 Å². The van der Waals surface area contributed by atoms with E-state index < -0.39 is 0 Å². The van der Waals surface area contributed by atoms with Crippen LogP contribution in [0.3, 0.4) is 0 Å². The van der Waals surface area contributed by atoms with Crippen LogP contribution in [0.2, 0.25) is 0 Å². The van der Waals surface area contributed by atoms with Crippen molar-refractivity contribution in [1.82, 2.24) is 9.47 Å². The van der Waals surface area contributed by atoms with E-state index in [0.29, 0.717) is 11.5 Å². The number of aromatic nitrogens is 1. The third-order valence-corrected chi connectivity index (χ3v) is 5.31.